The molecule has 1 amide bonds. The lowest BCUT2D eigenvalue weighted by atomic mass is 10.0. The van der Waals surface area contributed by atoms with Crippen LogP contribution in [0.15, 0.2) is 18.3 Å². The van der Waals surface area contributed by atoms with Crippen LogP contribution in [0.4, 0.5) is 4.39 Å². The third kappa shape index (κ3) is 5.50. The van der Waals surface area contributed by atoms with Crippen molar-refractivity contribution >= 4 is 15.7 Å². The molecule has 2 atom stereocenters. The van der Waals surface area contributed by atoms with Crippen LogP contribution < -0.4 is 10.1 Å². The maximum absolute atomic E-state index is 14.3. The molecule has 3 heterocycles. The van der Waals surface area contributed by atoms with Crippen molar-refractivity contribution in [2.45, 2.75) is 45.3 Å². The Morgan fingerprint density at radius 3 is 2.85 bits per heavy atom. The third-order valence-corrected chi connectivity index (χ3v) is 7.99. The van der Waals surface area contributed by atoms with Crippen molar-refractivity contribution in [1.82, 2.24) is 20.2 Å². The fourth-order valence-corrected chi connectivity index (χ4v) is 6.18. The van der Waals surface area contributed by atoms with Gasteiger partial charge in [0.1, 0.15) is 17.7 Å². The van der Waals surface area contributed by atoms with E-state index in [4.69, 9.17) is 4.74 Å². The van der Waals surface area contributed by atoms with E-state index in [2.05, 4.69) is 15.3 Å². The normalized spacial score (nSPS) is 21.1. The molecule has 33 heavy (non-hydrogen) atoms. The number of benzene rings is 1. The van der Waals surface area contributed by atoms with Crippen LogP contribution in [0.5, 0.6) is 5.75 Å². The number of rotatable bonds is 7. The van der Waals surface area contributed by atoms with E-state index in [-0.39, 0.29) is 41.8 Å². The van der Waals surface area contributed by atoms with Gasteiger partial charge in [-0.15, -0.1) is 0 Å². The van der Waals surface area contributed by atoms with Gasteiger partial charge in [-0.25, -0.2) is 17.8 Å². The summed E-state index contributed by atoms with van der Waals surface area (Å²) in [4.78, 5) is 23.1. The molecule has 178 valence electrons. The second-order valence-corrected chi connectivity index (χ2v) is 11.2. The molecule has 1 aromatic heterocycles. The standard InChI is InChI=1S/C23H29FN4O4S/c1-14-11-25-15(2)22(27-14)20-10-17(24)8-16-9-19(32-23(16)20)12-26-21(29)4-6-28(3)18-5-7-33(30,31)13-18/h8,10-11,18-19H,4-7,9,12-13H2,1-3H3,(H,26,29)/t18-,19+/m1/s1. The number of carbonyl (C=O) groups excluding carboxylic acids is 1. The zero-order valence-corrected chi connectivity index (χ0v) is 19.9. The first-order chi connectivity index (χ1) is 15.6. The molecular weight excluding hydrogens is 447 g/mol. The molecule has 0 spiro atoms. The van der Waals surface area contributed by atoms with E-state index in [9.17, 15) is 17.6 Å². The SMILES string of the molecule is Cc1cnc(C)c(-c2cc(F)cc3c2O[C@H](CNC(=O)CCN(C)[C@@H]2CCS(=O)(=O)C2)C3)n1. The van der Waals surface area contributed by atoms with Gasteiger partial charge in [0.2, 0.25) is 5.91 Å². The highest BCUT2D eigenvalue weighted by Crippen LogP contribution is 2.39. The Labute approximate surface area is 193 Å². The molecule has 8 nitrogen and oxygen atoms in total. The summed E-state index contributed by atoms with van der Waals surface area (Å²) in [6.07, 6.45) is 2.72. The van der Waals surface area contributed by atoms with Crippen LogP contribution in [0.25, 0.3) is 11.3 Å². The van der Waals surface area contributed by atoms with Crippen molar-refractivity contribution in [3.05, 3.63) is 41.1 Å². The number of hydrogen-bond acceptors (Lipinski definition) is 7. The number of carbonyl (C=O) groups is 1. The minimum absolute atomic E-state index is 0.0306. The topological polar surface area (TPSA) is 101 Å². The van der Waals surface area contributed by atoms with Gasteiger partial charge in [0.25, 0.3) is 0 Å². The average Bonchev–Trinajstić information content (AvgIpc) is 3.34. The Kier molecular flexibility index (Phi) is 6.67. The fourth-order valence-electron chi connectivity index (χ4n) is 4.38. The molecule has 1 aromatic carbocycles. The van der Waals surface area contributed by atoms with Gasteiger partial charge in [0, 0.05) is 42.8 Å². The second kappa shape index (κ2) is 9.34. The summed E-state index contributed by atoms with van der Waals surface area (Å²) in [5.41, 5.74) is 3.32. The van der Waals surface area contributed by atoms with E-state index in [0.29, 0.717) is 48.6 Å². The largest absolute Gasteiger partial charge is 0.487 e. The number of ether oxygens (including phenoxy) is 1. The van der Waals surface area contributed by atoms with E-state index in [1.807, 2.05) is 25.8 Å². The van der Waals surface area contributed by atoms with E-state index in [1.54, 1.807) is 6.20 Å². The van der Waals surface area contributed by atoms with Gasteiger partial charge in [-0.05, 0) is 39.4 Å². The molecule has 1 N–H and O–H groups in total. The predicted molar refractivity (Wildman–Crippen MR) is 122 cm³/mol. The van der Waals surface area contributed by atoms with Gasteiger partial charge in [-0.3, -0.25) is 9.78 Å². The van der Waals surface area contributed by atoms with Crippen molar-refractivity contribution in [2.24, 2.45) is 0 Å². The highest BCUT2D eigenvalue weighted by Gasteiger charge is 2.31. The van der Waals surface area contributed by atoms with Crippen LogP contribution in [0.1, 0.15) is 29.8 Å². The van der Waals surface area contributed by atoms with E-state index < -0.39 is 9.84 Å². The quantitative estimate of drug-likeness (QED) is 0.651. The Morgan fingerprint density at radius 2 is 2.12 bits per heavy atom. The van der Waals surface area contributed by atoms with Gasteiger partial charge in [0.15, 0.2) is 9.84 Å². The number of aryl methyl sites for hydroxylation is 2. The molecule has 2 aromatic rings. The van der Waals surface area contributed by atoms with Crippen LogP contribution >= 0.6 is 0 Å². The highest BCUT2D eigenvalue weighted by molar-refractivity contribution is 7.91. The summed E-state index contributed by atoms with van der Waals surface area (Å²) in [5.74, 6) is 0.457. The predicted octanol–water partition coefficient (Wildman–Crippen LogP) is 1.83. The molecule has 0 bridgehead atoms. The number of nitrogens with zero attached hydrogens (tertiary/aromatic N) is 3. The van der Waals surface area contributed by atoms with Crippen LogP contribution in [-0.2, 0) is 21.1 Å². The zero-order valence-electron chi connectivity index (χ0n) is 19.1. The summed E-state index contributed by atoms with van der Waals surface area (Å²) < 4.78 is 43.7. The van der Waals surface area contributed by atoms with Crippen molar-refractivity contribution in [2.75, 3.05) is 31.6 Å². The lowest BCUT2D eigenvalue weighted by Gasteiger charge is -2.22. The van der Waals surface area contributed by atoms with E-state index in [0.717, 1.165) is 11.3 Å². The number of amides is 1. The molecule has 0 aliphatic carbocycles. The molecule has 1 saturated heterocycles. The summed E-state index contributed by atoms with van der Waals surface area (Å²) in [7, 11) is -1.10. The molecule has 0 saturated carbocycles. The van der Waals surface area contributed by atoms with Crippen LogP contribution in [0.3, 0.4) is 0 Å². The zero-order chi connectivity index (χ0) is 23.8. The molecule has 1 fully saturated rings. The first-order valence-electron chi connectivity index (χ1n) is 11.1. The number of hydrogen-bond donors (Lipinski definition) is 1. The van der Waals surface area contributed by atoms with Crippen molar-refractivity contribution in [3.63, 3.8) is 0 Å². The van der Waals surface area contributed by atoms with Gasteiger partial charge < -0.3 is 15.0 Å². The van der Waals surface area contributed by atoms with E-state index >= 15 is 0 Å². The number of sulfone groups is 1. The Morgan fingerprint density at radius 1 is 1.33 bits per heavy atom. The molecule has 0 unspecified atom stereocenters. The lowest BCUT2D eigenvalue weighted by Crippen LogP contribution is -2.38. The molecular formula is C23H29FN4O4S. The van der Waals surface area contributed by atoms with Crippen LogP contribution in [-0.4, -0.2) is 73.0 Å². The number of halogens is 1. The fraction of sp³-hybridized carbons (Fsp3) is 0.522. The number of aromatic nitrogens is 2. The minimum Gasteiger partial charge on any atom is -0.487 e. The molecule has 2 aliphatic heterocycles. The highest BCUT2D eigenvalue weighted by atomic mass is 32.2. The summed E-state index contributed by atoms with van der Waals surface area (Å²) in [6.45, 7) is 4.44. The van der Waals surface area contributed by atoms with Crippen molar-refractivity contribution < 1.29 is 22.3 Å². The third-order valence-electron chi connectivity index (χ3n) is 6.24. The Hall–Kier alpha value is -2.59. The van der Waals surface area contributed by atoms with Gasteiger partial charge >= 0.3 is 0 Å². The van der Waals surface area contributed by atoms with Gasteiger partial charge in [0.05, 0.1) is 35.1 Å². The number of fused-ring (bicyclic) bond motifs is 1. The van der Waals surface area contributed by atoms with Crippen molar-refractivity contribution in [3.8, 4) is 17.0 Å². The summed E-state index contributed by atoms with van der Waals surface area (Å²) >= 11 is 0. The second-order valence-electron chi connectivity index (χ2n) is 8.92. The lowest BCUT2D eigenvalue weighted by molar-refractivity contribution is -0.121. The number of nitrogens with one attached hydrogen (secondary N) is 1. The average molecular weight is 477 g/mol. The molecule has 10 heteroatoms. The van der Waals surface area contributed by atoms with Crippen LogP contribution in [0, 0.1) is 19.7 Å². The minimum atomic E-state index is -2.95. The van der Waals surface area contributed by atoms with E-state index in [1.165, 1.54) is 12.1 Å². The van der Waals surface area contributed by atoms with Crippen molar-refractivity contribution in [1.29, 1.82) is 0 Å². The first-order valence-corrected chi connectivity index (χ1v) is 12.9. The smallest absolute Gasteiger partial charge is 0.221 e. The molecule has 2 aliphatic rings. The maximum Gasteiger partial charge on any atom is 0.221 e. The van der Waals surface area contributed by atoms with Gasteiger partial charge in [-0.1, -0.05) is 0 Å². The molecule has 4 rings (SSSR count). The summed E-state index contributed by atoms with van der Waals surface area (Å²) in [6, 6.07) is 2.84. The Balaban J connectivity index is 1.34. The molecule has 0 radical (unpaired) electrons. The Bertz CT molecular complexity index is 1170. The maximum atomic E-state index is 14.3. The first kappa shape index (κ1) is 23.6. The van der Waals surface area contributed by atoms with Crippen LogP contribution in [0.2, 0.25) is 0 Å². The monoisotopic (exact) mass is 476 g/mol. The van der Waals surface area contributed by atoms with Gasteiger partial charge in [-0.2, -0.15) is 0 Å². The summed E-state index contributed by atoms with van der Waals surface area (Å²) in [5, 5.41) is 2.89.